The molecule has 1 aromatic carbocycles. The maximum Gasteiger partial charge on any atom is 0.244 e. The lowest BCUT2D eigenvalue weighted by molar-refractivity contribution is -0.116. The van der Waals surface area contributed by atoms with Gasteiger partial charge in [0.25, 0.3) is 0 Å². The van der Waals surface area contributed by atoms with Gasteiger partial charge in [0.1, 0.15) is 5.76 Å². The summed E-state index contributed by atoms with van der Waals surface area (Å²) in [4.78, 5) is 13.6. The fraction of sp³-hybridized carbons (Fsp3) is 0.167. The average molecular weight is 294 g/mol. The molecule has 0 aliphatic carbocycles. The predicted octanol–water partition coefficient (Wildman–Crippen LogP) is 2.53. The van der Waals surface area contributed by atoms with Gasteiger partial charge in [0.2, 0.25) is 5.91 Å². The van der Waals surface area contributed by atoms with E-state index >= 15 is 0 Å². The molecule has 0 fully saturated rings. The van der Waals surface area contributed by atoms with Crippen LogP contribution in [0.25, 0.3) is 6.08 Å². The van der Waals surface area contributed by atoms with Gasteiger partial charge in [-0.3, -0.25) is 4.79 Å². The quantitative estimate of drug-likeness (QED) is 0.696. The van der Waals surface area contributed by atoms with Crippen molar-refractivity contribution in [1.29, 1.82) is 0 Å². The van der Waals surface area contributed by atoms with E-state index < -0.39 is 0 Å². The van der Waals surface area contributed by atoms with Crippen LogP contribution in [-0.2, 0) is 4.79 Å². The smallest absolute Gasteiger partial charge is 0.244 e. The van der Waals surface area contributed by atoms with Crippen molar-refractivity contribution in [3.05, 3.63) is 60.1 Å². The van der Waals surface area contributed by atoms with Gasteiger partial charge in [-0.15, -0.1) is 0 Å². The van der Waals surface area contributed by atoms with Crippen LogP contribution in [-0.4, -0.2) is 26.5 Å². The molecule has 0 atom stereocenters. The highest BCUT2D eigenvalue weighted by Crippen LogP contribution is 2.11. The summed E-state index contributed by atoms with van der Waals surface area (Å²) >= 11 is 0. The number of anilines is 1. The summed E-state index contributed by atoms with van der Waals surface area (Å²) in [6, 6.07) is 11.5. The Bertz CT molecular complexity index is 687. The Balaban J connectivity index is 1.80. The Labute approximate surface area is 130 Å². The van der Waals surface area contributed by atoms with E-state index in [0.29, 0.717) is 12.3 Å². The Hall–Kier alpha value is -2.93. The second kappa shape index (κ2) is 7.75. The first-order valence-electron chi connectivity index (χ1n) is 6.91. The zero-order valence-corrected chi connectivity index (χ0v) is 12.7. The van der Waals surface area contributed by atoms with Crippen molar-refractivity contribution in [2.45, 2.75) is 0 Å². The van der Waals surface area contributed by atoms with Crippen LogP contribution in [0.1, 0.15) is 11.3 Å². The predicted molar refractivity (Wildman–Crippen MR) is 88.4 cm³/mol. The third kappa shape index (κ3) is 4.88. The molecular formula is C18H18N2O2. The van der Waals surface area contributed by atoms with Gasteiger partial charge in [-0.05, 0) is 42.5 Å². The van der Waals surface area contributed by atoms with E-state index in [2.05, 4.69) is 17.2 Å². The minimum absolute atomic E-state index is 0.200. The molecule has 0 bridgehead atoms. The van der Waals surface area contributed by atoms with E-state index in [1.165, 1.54) is 6.08 Å². The van der Waals surface area contributed by atoms with E-state index in [4.69, 9.17) is 4.42 Å². The Morgan fingerprint density at radius 1 is 1.27 bits per heavy atom. The SMILES string of the molecule is CN(C)c1ccc(C#CCNC(=O)/C=C/c2ccco2)cc1. The molecule has 112 valence electrons. The van der Waals surface area contributed by atoms with E-state index in [1.54, 1.807) is 24.5 Å². The molecule has 1 heterocycles. The number of hydrogen-bond donors (Lipinski definition) is 1. The van der Waals surface area contributed by atoms with E-state index in [-0.39, 0.29) is 5.91 Å². The monoisotopic (exact) mass is 294 g/mol. The highest BCUT2D eigenvalue weighted by Gasteiger charge is 1.95. The maximum atomic E-state index is 11.6. The van der Waals surface area contributed by atoms with Crippen LogP contribution in [0, 0.1) is 11.8 Å². The topological polar surface area (TPSA) is 45.5 Å². The van der Waals surface area contributed by atoms with Gasteiger partial charge in [0.05, 0.1) is 12.8 Å². The van der Waals surface area contributed by atoms with Crippen molar-refractivity contribution >= 4 is 17.7 Å². The van der Waals surface area contributed by atoms with E-state index in [1.807, 2.05) is 43.3 Å². The number of hydrogen-bond acceptors (Lipinski definition) is 3. The molecule has 2 rings (SSSR count). The molecule has 1 aromatic heterocycles. The summed E-state index contributed by atoms with van der Waals surface area (Å²) in [5, 5.41) is 2.70. The van der Waals surface area contributed by atoms with Gasteiger partial charge < -0.3 is 14.6 Å². The molecule has 0 spiro atoms. The number of benzene rings is 1. The standard InChI is InChI=1S/C18H18N2O2/c1-20(2)16-9-7-15(8-10-16)5-3-13-19-18(21)12-11-17-6-4-14-22-17/h4,6-12,14H,13H2,1-2H3,(H,19,21)/b12-11+. The van der Waals surface area contributed by atoms with Gasteiger partial charge in [-0.1, -0.05) is 11.8 Å². The van der Waals surface area contributed by atoms with Crippen LogP contribution in [0.2, 0.25) is 0 Å². The summed E-state index contributed by atoms with van der Waals surface area (Å²) in [5.74, 6) is 6.37. The second-order valence-electron chi connectivity index (χ2n) is 4.81. The lowest BCUT2D eigenvalue weighted by atomic mass is 10.2. The number of carbonyl (C=O) groups excluding carboxylic acids is 1. The van der Waals surface area contributed by atoms with Gasteiger partial charge in [0.15, 0.2) is 0 Å². The molecule has 0 aliphatic heterocycles. The molecule has 22 heavy (non-hydrogen) atoms. The van der Waals surface area contributed by atoms with E-state index in [9.17, 15) is 4.79 Å². The van der Waals surface area contributed by atoms with Crippen LogP contribution in [0.3, 0.4) is 0 Å². The fourth-order valence-electron chi connectivity index (χ4n) is 1.72. The lowest BCUT2D eigenvalue weighted by Crippen LogP contribution is -2.20. The summed E-state index contributed by atoms with van der Waals surface area (Å²) in [6.07, 6.45) is 4.60. The third-order valence-corrected chi connectivity index (χ3v) is 2.91. The number of furan rings is 1. The number of rotatable bonds is 4. The van der Waals surface area contributed by atoms with Gasteiger partial charge in [-0.2, -0.15) is 0 Å². The largest absolute Gasteiger partial charge is 0.465 e. The van der Waals surface area contributed by atoms with Crippen LogP contribution in [0.15, 0.2) is 53.2 Å². The maximum absolute atomic E-state index is 11.6. The highest BCUT2D eigenvalue weighted by atomic mass is 16.3. The summed E-state index contributed by atoms with van der Waals surface area (Å²) in [6.45, 7) is 0.302. The Morgan fingerprint density at radius 3 is 2.68 bits per heavy atom. The first-order valence-corrected chi connectivity index (χ1v) is 6.91. The average Bonchev–Trinajstić information content (AvgIpc) is 3.03. The first kappa shape index (κ1) is 15.5. The number of carbonyl (C=O) groups is 1. The lowest BCUT2D eigenvalue weighted by Gasteiger charge is -2.11. The van der Waals surface area contributed by atoms with Crippen LogP contribution < -0.4 is 10.2 Å². The minimum atomic E-state index is -0.200. The van der Waals surface area contributed by atoms with Crippen LogP contribution in [0.4, 0.5) is 5.69 Å². The molecule has 0 saturated carbocycles. The molecule has 1 amide bonds. The Kier molecular flexibility index (Phi) is 5.44. The third-order valence-electron chi connectivity index (χ3n) is 2.91. The van der Waals surface area contributed by atoms with Crippen molar-refractivity contribution < 1.29 is 9.21 Å². The molecule has 2 aromatic rings. The van der Waals surface area contributed by atoms with Gasteiger partial charge in [0, 0.05) is 31.4 Å². The molecule has 1 N–H and O–H groups in total. The normalized spacial score (nSPS) is 10.1. The molecule has 4 nitrogen and oxygen atoms in total. The summed E-state index contributed by atoms with van der Waals surface area (Å²) in [7, 11) is 3.99. The van der Waals surface area contributed by atoms with E-state index in [0.717, 1.165) is 11.3 Å². The summed E-state index contributed by atoms with van der Waals surface area (Å²) < 4.78 is 5.10. The Morgan fingerprint density at radius 2 is 2.05 bits per heavy atom. The molecule has 4 heteroatoms. The number of amides is 1. The molecule has 0 unspecified atom stereocenters. The van der Waals surface area contributed by atoms with Crippen LogP contribution in [0.5, 0.6) is 0 Å². The summed E-state index contributed by atoms with van der Waals surface area (Å²) in [5.41, 5.74) is 2.05. The number of nitrogens with zero attached hydrogens (tertiary/aromatic N) is 1. The van der Waals surface area contributed by atoms with Crippen molar-refractivity contribution in [3.8, 4) is 11.8 Å². The highest BCUT2D eigenvalue weighted by molar-refractivity contribution is 5.91. The second-order valence-corrected chi connectivity index (χ2v) is 4.81. The zero-order chi connectivity index (χ0) is 15.8. The van der Waals surface area contributed by atoms with Gasteiger partial charge in [-0.25, -0.2) is 0 Å². The van der Waals surface area contributed by atoms with Crippen molar-refractivity contribution in [1.82, 2.24) is 5.32 Å². The molecule has 0 radical (unpaired) electrons. The zero-order valence-electron chi connectivity index (χ0n) is 12.7. The van der Waals surface area contributed by atoms with Crippen molar-refractivity contribution in [3.63, 3.8) is 0 Å². The molecular weight excluding hydrogens is 276 g/mol. The van der Waals surface area contributed by atoms with Gasteiger partial charge >= 0.3 is 0 Å². The van der Waals surface area contributed by atoms with Crippen molar-refractivity contribution in [2.24, 2.45) is 0 Å². The molecule has 0 aliphatic rings. The van der Waals surface area contributed by atoms with Crippen molar-refractivity contribution in [2.75, 3.05) is 25.5 Å². The molecule has 0 saturated heterocycles. The van der Waals surface area contributed by atoms with Crippen LogP contribution >= 0.6 is 0 Å². The first-order chi connectivity index (χ1) is 10.6. The fourth-order valence-corrected chi connectivity index (χ4v) is 1.72. The minimum Gasteiger partial charge on any atom is -0.465 e. The number of nitrogens with one attached hydrogen (secondary N) is 1.